The molecule has 4 aliphatic rings. The fraction of sp³-hybridized carbons (Fsp3) is 0.571. The number of rotatable bonds is 4. The van der Waals surface area contributed by atoms with E-state index in [0.29, 0.717) is 17.6 Å². The summed E-state index contributed by atoms with van der Waals surface area (Å²) >= 11 is 0. The molecular formula is C21H26N4O2. The molecule has 0 radical (unpaired) electrons. The number of ether oxygens (including phenoxy) is 1. The third-order valence-corrected chi connectivity index (χ3v) is 7.02. The molecule has 1 N–H and O–H groups in total. The Morgan fingerprint density at radius 1 is 1.26 bits per heavy atom. The van der Waals surface area contributed by atoms with Crippen LogP contribution >= 0.6 is 0 Å². The van der Waals surface area contributed by atoms with Crippen LogP contribution in [0, 0.1) is 24.2 Å². The number of carbonyl (C=O) groups is 1. The van der Waals surface area contributed by atoms with E-state index in [9.17, 15) is 4.79 Å². The third-order valence-electron chi connectivity index (χ3n) is 7.02. The topological polar surface area (TPSA) is 69.0 Å². The van der Waals surface area contributed by atoms with Gasteiger partial charge in [0.2, 0.25) is 5.91 Å². The van der Waals surface area contributed by atoms with Crippen molar-refractivity contribution in [3.05, 3.63) is 36.4 Å². The van der Waals surface area contributed by atoms with Crippen LogP contribution in [0.15, 0.2) is 30.9 Å². The second-order valence-electron chi connectivity index (χ2n) is 8.96. The number of anilines is 1. The lowest BCUT2D eigenvalue weighted by Gasteiger charge is -2.60. The molecule has 142 valence electrons. The quantitative estimate of drug-likeness (QED) is 0.899. The van der Waals surface area contributed by atoms with Crippen LogP contribution in [0.4, 0.5) is 5.69 Å². The summed E-state index contributed by atoms with van der Waals surface area (Å²) in [7, 11) is 1.64. The van der Waals surface area contributed by atoms with E-state index >= 15 is 0 Å². The fourth-order valence-electron chi connectivity index (χ4n) is 6.38. The van der Waals surface area contributed by atoms with Crippen LogP contribution in [0.5, 0.6) is 5.75 Å². The number of hydrogen-bond acceptors (Lipinski definition) is 4. The second-order valence-corrected chi connectivity index (χ2v) is 8.96. The summed E-state index contributed by atoms with van der Waals surface area (Å²) in [5, 5.41) is 7.69. The van der Waals surface area contributed by atoms with E-state index in [1.807, 2.05) is 36.1 Å². The van der Waals surface area contributed by atoms with Gasteiger partial charge in [-0.3, -0.25) is 4.79 Å². The molecule has 4 bridgehead atoms. The Kier molecular flexibility index (Phi) is 3.61. The number of aryl methyl sites for hydroxylation is 1. The number of benzene rings is 1. The Morgan fingerprint density at radius 3 is 2.70 bits per heavy atom. The zero-order chi connectivity index (χ0) is 18.6. The maximum Gasteiger partial charge on any atom is 0.230 e. The number of nitrogens with one attached hydrogen (secondary N) is 1. The van der Waals surface area contributed by atoms with E-state index in [1.54, 1.807) is 13.4 Å². The van der Waals surface area contributed by atoms with Crippen molar-refractivity contribution < 1.29 is 9.53 Å². The van der Waals surface area contributed by atoms with Crippen molar-refractivity contribution in [1.82, 2.24) is 14.8 Å². The number of carbonyl (C=O) groups excluding carboxylic acids is 1. The Hall–Kier alpha value is -2.37. The molecule has 4 aliphatic carbocycles. The smallest absolute Gasteiger partial charge is 0.230 e. The van der Waals surface area contributed by atoms with Crippen LogP contribution < -0.4 is 10.1 Å². The van der Waals surface area contributed by atoms with E-state index in [0.717, 1.165) is 43.4 Å². The molecule has 0 spiro atoms. The molecule has 2 atom stereocenters. The Labute approximate surface area is 159 Å². The molecular weight excluding hydrogens is 340 g/mol. The van der Waals surface area contributed by atoms with Crippen LogP contribution in [-0.4, -0.2) is 27.8 Å². The summed E-state index contributed by atoms with van der Waals surface area (Å²) in [6, 6.07) is 5.91. The van der Waals surface area contributed by atoms with E-state index in [4.69, 9.17) is 4.74 Å². The number of amides is 1. The third kappa shape index (κ3) is 2.57. The van der Waals surface area contributed by atoms with Crippen LogP contribution in [0.1, 0.15) is 44.1 Å². The summed E-state index contributed by atoms with van der Waals surface area (Å²) < 4.78 is 7.50. The van der Waals surface area contributed by atoms with Crippen LogP contribution in [0.3, 0.4) is 0 Å². The lowest BCUT2D eigenvalue weighted by atomic mass is 9.46. The van der Waals surface area contributed by atoms with Gasteiger partial charge in [0.1, 0.15) is 18.4 Å². The van der Waals surface area contributed by atoms with Gasteiger partial charge in [-0.2, -0.15) is 5.10 Å². The average molecular weight is 366 g/mol. The van der Waals surface area contributed by atoms with Crippen LogP contribution in [-0.2, 0) is 10.3 Å². The summed E-state index contributed by atoms with van der Waals surface area (Å²) in [5.74, 6) is 2.05. The van der Waals surface area contributed by atoms with Gasteiger partial charge < -0.3 is 10.1 Å². The molecule has 0 aliphatic heterocycles. The molecule has 4 fully saturated rings. The Bertz CT molecular complexity index is 862. The molecule has 6 rings (SSSR count). The standard InChI is InChI=1S/C21H26N4O2/c1-14-3-4-18(27-2)17(5-14)24-19(26)20-7-15-6-16(8-20)10-21(9-15,11-20)25-13-22-12-23-25/h3-5,12-13,15-16H,6-11H2,1-2H3,(H,24,26)/t15-,16-,20?,21?/m0/s1. The highest BCUT2D eigenvalue weighted by atomic mass is 16.5. The molecule has 6 heteroatoms. The number of nitrogens with zero attached hydrogens (tertiary/aromatic N) is 3. The zero-order valence-corrected chi connectivity index (χ0v) is 15.9. The molecule has 1 aromatic heterocycles. The molecule has 2 aromatic rings. The molecule has 6 nitrogen and oxygen atoms in total. The van der Waals surface area contributed by atoms with Gasteiger partial charge >= 0.3 is 0 Å². The Balaban J connectivity index is 1.48. The lowest BCUT2D eigenvalue weighted by Crippen LogP contribution is -2.60. The van der Waals surface area contributed by atoms with Crippen molar-refractivity contribution in [2.45, 2.75) is 51.0 Å². The molecule has 4 saturated carbocycles. The first-order valence-electron chi connectivity index (χ1n) is 9.83. The zero-order valence-electron chi connectivity index (χ0n) is 15.9. The maximum atomic E-state index is 13.5. The lowest BCUT2D eigenvalue weighted by molar-refractivity contribution is -0.150. The van der Waals surface area contributed by atoms with E-state index in [2.05, 4.69) is 15.4 Å². The van der Waals surface area contributed by atoms with Crippen LogP contribution in [0.2, 0.25) is 0 Å². The summed E-state index contributed by atoms with van der Waals surface area (Å²) in [6.07, 6.45) is 9.77. The van der Waals surface area contributed by atoms with Gasteiger partial charge in [0.25, 0.3) is 0 Å². The summed E-state index contributed by atoms with van der Waals surface area (Å²) in [5.41, 5.74) is 1.52. The van der Waals surface area contributed by atoms with Gasteiger partial charge in [-0.05, 0) is 75.0 Å². The minimum atomic E-state index is -0.315. The predicted octanol–water partition coefficient (Wildman–Crippen LogP) is 3.53. The number of methoxy groups -OCH3 is 1. The fourth-order valence-corrected chi connectivity index (χ4v) is 6.38. The van der Waals surface area contributed by atoms with E-state index < -0.39 is 0 Å². The van der Waals surface area contributed by atoms with Gasteiger partial charge in [0.05, 0.1) is 23.8 Å². The second kappa shape index (κ2) is 5.81. The molecule has 0 saturated heterocycles. The van der Waals surface area contributed by atoms with Crippen molar-refractivity contribution >= 4 is 11.6 Å². The van der Waals surface area contributed by atoms with Gasteiger partial charge in [0.15, 0.2) is 0 Å². The molecule has 1 heterocycles. The average Bonchev–Trinajstić information content (AvgIpc) is 3.16. The van der Waals surface area contributed by atoms with Crippen LogP contribution in [0.25, 0.3) is 0 Å². The van der Waals surface area contributed by atoms with E-state index in [1.165, 1.54) is 6.42 Å². The highest BCUT2D eigenvalue weighted by molar-refractivity contribution is 5.97. The van der Waals surface area contributed by atoms with Crippen molar-refractivity contribution in [2.24, 2.45) is 17.3 Å². The highest BCUT2D eigenvalue weighted by Gasteiger charge is 2.61. The van der Waals surface area contributed by atoms with E-state index in [-0.39, 0.29) is 16.9 Å². The molecule has 0 unspecified atom stereocenters. The molecule has 1 amide bonds. The predicted molar refractivity (Wildman–Crippen MR) is 101 cm³/mol. The first-order valence-corrected chi connectivity index (χ1v) is 9.83. The minimum Gasteiger partial charge on any atom is -0.495 e. The maximum absolute atomic E-state index is 13.5. The summed E-state index contributed by atoms with van der Waals surface area (Å²) in [4.78, 5) is 17.7. The molecule has 1 aromatic carbocycles. The molecule has 27 heavy (non-hydrogen) atoms. The summed E-state index contributed by atoms with van der Waals surface area (Å²) in [6.45, 7) is 2.03. The van der Waals surface area contributed by atoms with Crippen molar-refractivity contribution in [3.8, 4) is 5.75 Å². The van der Waals surface area contributed by atoms with Gasteiger partial charge in [-0.25, -0.2) is 9.67 Å². The normalized spacial score (nSPS) is 33.9. The van der Waals surface area contributed by atoms with Crippen molar-refractivity contribution in [3.63, 3.8) is 0 Å². The van der Waals surface area contributed by atoms with Crippen molar-refractivity contribution in [1.29, 1.82) is 0 Å². The first kappa shape index (κ1) is 16.8. The monoisotopic (exact) mass is 366 g/mol. The van der Waals surface area contributed by atoms with Gasteiger partial charge in [-0.1, -0.05) is 6.07 Å². The first-order chi connectivity index (χ1) is 13.0. The van der Waals surface area contributed by atoms with Crippen molar-refractivity contribution in [2.75, 3.05) is 12.4 Å². The Morgan fingerprint density at radius 2 is 2.04 bits per heavy atom. The largest absolute Gasteiger partial charge is 0.495 e. The van der Waals surface area contributed by atoms with Gasteiger partial charge in [0, 0.05) is 0 Å². The number of hydrogen-bond donors (Lipinski definition) is 1. The number of aromatic nitrogens is 3. The highest BCUT2D eigenvalue weighted by Crippen LogP contribution is 2.64. The van der Waals surface area contributed by atoms with Gasteiger partial charge in [-0.15, -0.1) is 0 Å². The minimum absolute atomic E-state index is 0.0470. The SMILES string of the molecule is COc1ccc(C)cc1NC(=O)C12C[C@@H]3C[C@@H](C1)CC(n1cncn1)(C3)C2.